The molecule has 9 heteroatoms. The average molecular weight is 454 g/mol. The van der Waals surface area contributed by atoms with Crippen LogP contribution in [0.1, 0.15) is 37.7 Å². The Morgan fingerprint density at radius 3 is 2.39 bits per heavy atom. The van der Waals surface area contributed by atoms with E-state index in [9.17, 15) is 14.4 Å². The zero-order valence-corrected chi connectivity index (χ0v) is 19.1. The van der Waals surface area contributed by atoms with Gasteiger partial charge in [-0.05, 0) is 18.4 Å². The minimum Gasteiger partial charge on any atom is -0.383 e. The number of likely N-dealkylation sites (tertiary alicyclic amines) is 1. The van der Waals surface area contributed by atoms with E-state index < -0.39 is 11.2 Å². The minimum atomic E-state index is -0.520. The van der Waals surface area contributed by atoms with Crippen LogP contribution < -0.4 is 11.2 Å². The number of aromatic nitrogens is 4. The Bertz CT molecular complexity index is 1200. The van der Waals surface area contributed by atoms with Gasteiger partial charge in [-0.1, -0.05) is 49.6 Å². The van der Waals surface area contributed by atoms with Gasteiger partial charge in [0.1, 0.15) is 6.54 Å². The summed E-state index contributed by atoms with van der Waals surface area (Å²) in [6.07, 6.45) is 6.82. The lowest BCUT2D eigenvalue weighted by molar-refractivity contribution is -0.132. The van der Waals surface area contributed by atoms with E-state index in [1.807, 2.05) is 30.3 Å². The molecule has 1 aromatic carbocycles. The Labute approximate surface area is 192 Å². The first-order chi connectivity index (χ1) is 16.1. The molecule has 1 fully saturated rings. The number of benzene rings is 1. The molecular formula is C24H31N5O4. The third-order valence-electron chi connectivity index (χ3n) is 6.21. The molecule has 33 heavy (non-hydrogen) atoms. The highest BCUT2D eigenvalue weighted by atomic mass is 16.5. The number of fused-ring (bicyclic) bond motifs is 1. The Kier molecular flexibility index (Phi) is 7.39. The molecule has 0 radical (unpaired) electrons. The van der Waals surface area contributed by atoms with Crippen molar-refractivity contribution in [2.45, 2.75) is 51.7 Å². The molecule has 0 spiro atoms. The number of rotatable bonds is 7. The molecule has 176 valence electrons. The van der Waals surface area contributed by atoms with E-state index in [1.54, 1.807) is 22.9 Å². The Balaban J connectivity index is 1.76. The summed E-state index contributed by atoms with van der Waals surface area (Å²) in [6.45, 7) is 2.15. The van der Waals surface area contributed by atoms with Crippen LogP contribution >= 0.6 is 0 Å². The number of carbonyl (C=O) groups excluding carboxylic acids is 1. The molecule has 3 aromatic rings. The maximum atomic E-state index is 13.5. The summed E-state index contributed by atoms with van der Waals surface area (Å²) in [6, 6.07) is 9.54. The molecule has 0 atom stereocenters. The summed E-state index contributed by atoms with van der Waals surface area (Å²) in [5, 5.41) is 0. The third-order valence-corrected chi connectivity index (χ3v) is 6.21. The van der Waals surface area contributed by atoms with Crippen molar-refractivity contribution in [3.05, 3.63) is 63.1 Å². The number of imidazole rings is 1. The van der Waals surface area contributed by atoms with E-state index in [0.717, 1.165) is 35.8 Å². The van der Waals surface area contributed by atoms with E-state index >= 15 is 0 Å². The number of nitrogens with zero attached hydrogens (tertiary/aromatic N) is 5. The second-order valence-corrected chi connectivity index (χ2v) is 8.50. The van der Waals surface area contributed by atoms with Crippen LogP contribution in [0.15, 0.2) is 46.2 Å². The first-order valence-corrected chi connectivity index (χ1v) is 11.6. The van der Waals surface area contributed by atoms with Crippen LogP contribution in [0.5, 0.6) is 0 Å². The molecule has 0 bridgehead atoms. The predicted octanol–water partition coefficient (Wildman–Crippen LogP) is 1.85. The van der Waals surface area contributed by atoms with Gasteiger partial charge >= 0.3 is 5.69 Å². The normalized spacial score (nSPS) is 14.9. The van der Waals surface area contributed by atoms with Gasteiger partial charge in [-0.2, -0.15) is 0 Å². The molecule has 1 aliphatic heterocycles. The molecular weight excluding hydrogens is 422 g/mol. The summed E-state index contributed by atoms with van der Waals surface area (Å²) in [4.78, 5) is 46.2. The molecule has 2 aromatic heterocycles. The van der Waals surface area contributed by atoms with Gasteiger partial charge in [0.05, 0.1) is 19.5 Å². The highest BCUT2D eigenvalue weighted by molar-refractivity contribution is 5.77. The number of amides is 1. The molecule has 1 saturated heterocycles. The van der Waals surface area contributed by atoms with E-state index in [4.69, 9.17) is 4.74 Å². The van der Waals surface area contributed by atoms with Crippen molar-refractivity contribution in [3.63, 3.8) is 0 Å². The highest BCUT2D eigenvalue weighted by Gasteiger charge is 2.22. The van der Waals surface area contributed by atoms with Gasteiger partial charge < -0.3 is 14.2 Å². The van der Waals surface area contributed by atoms with Crippen molar-refractivity contribution >= 4 is 17.1 Å². The fraction of sp³-hybridized carbons (Fsp3) is 0.500. The van der Waals surface area contributed by atoms with Crippen LogP contribution in [0.2, 0.25) is 0 Å². The fourth-order valence-corrected chi connectivity index (χ4v) is 4.38. The third kappa shape index (κ3) is 5.08. The molecule has 3 heterocycles. The van der Waals surface area contributed by atoms with Gasteiger partial charge in [0.15, 0.2) is 11.2 Å². The van der Waals surface area contributed by atoms with Crippen molar-refractivity contribution in [2.24, 2.45) is 0 Å². The molecule has 1 aliphatic rings. The summed E-state index contributed by atoms with van der Waals surface area (Å²) >= 11 is 0. The Morgan fingerprint density at radius 2 is 1.70 bits per heavy atom. The van der Waals surface area contributed by atoms with Gasteiger partial charge in [0, 0.05) is 26.7 Å². The molecule has 0 saturated carbocycles. The van der Waals surface area contributed by atoms with E-state index in [1.165, 1.54) is 11.0 Å². The van der Waals surface area contributed by atoms with Crippen molar-refractivity contribution in [1.29, 1.82) is 0 Å². The predicted molar refractivity (Wildman–Crippen MR) is 125 cm³/mol. The molecule has 9 nitrogen and oxygen atoms in total. The number of methoxy groups -OCH3 is 1. The van der Waals surface area contributed by atoms with Gasteiger partial charge in [0.25, 0.3) is 5.56 Å². The van der Waals surface area contributed by atoms with E-state index in [-0.39, 0.29) is 19.0 Å². The second-order valence-electron chi connectivity index (χ2n) is 8.50. The molecule has 0 unspecified atom stereocenters. The number of carbonyl (C=O) groups is 1. The van der Waals surface area contributed by atoms with Crippen molar-refractivity contribution in [1.82, 2.24) is 23.6 Å². The molecule has 1 amide bonds. The van der Waals surface area contributed by atoms with E-state index in [0.29, 0.717) is 37.4 Å². The summed E-state index contributed by atoms with van der Waals surface area (Å²) in [5.41, 5.74) is 0.526. The van der Waals surface area contributed by atoms with E-state index in [2.05, 4.69) is 4.98 Å². The largest absolute Gasteiger partial charge is 0.383 e. The SMILES string of the molecule is COCCn1cnc2c1c(=O)n(CC(=O)N1CCCCCCC1)c(=O)n2Cc1ccccc1. The van der Waals surface area contributed by atoms with Gasteiger partial charge in [-0.3, -0.25) is 14.2 Å². The number of hydrogen-bond donors (Lipinski definition) is 0. The topological polar surface area (TPSA) is 91.4 Å². The standard InChI is InChI=1S/C24H31N5O4/c1-33-15-14-27-18-25-22-21(27)23(31)29(17-20(30)26-12-8-3-2-4-9-13-26)24(32)28(22)16-19-10-6-5-7-11-19/h5-7,10-11,18H,2-4,8-9,12-17H2,1H3. The second kappa shape index (κ2) is 10.6. The smallest absolute Gasteiger partial charge is 0.333 e. The zero-order valence-electron chi connectivity index (χ0n) is 19.1. The maximum absolute atomic E-state index is 13.5. The monoisotopic (exact) mass is 453 g/mol. The Morgan fingerprint density at radius 1 is 1.00 bits per heavy atom. The first-order valence-electron chi connectivity index (χ1n) is 11.6. The zero-order chi connectivity index (χ0) is 23.2. The molecule has 4 rings (SSSR count). The lowest BCUT2D eigenvalue weighted by Crippen LogP contribution is -2.46. The fourth-order valence-electron chi connectivity index (χ4n) is 4.38. The van der Waals surface area contributed by atoms with Crippen LogP contribution in [0.3, 0.4) is 0 Å². The van der Waals surface area contributed by atoms with Gasteiger partial charge in [0.2, 0.25) is 5.91 Å². The van der Waals surface area contributed by atoms with Crippen LogP contribution in [0.25, 0.3) is 11.2 Å². The van der Waals surface area contributed by atoms with Crippen LogP contribution in [-0.2, 0) is 29.2 Å². The minimum absolute atomic E-state index is 0.190. The van der Waals surface area contributed by atoms with Gasteiger partial charge in [-0.15, -0.1) is 0 Å². The summed E-state index contributed by atoms with van der Waals surface area (Å²) in [5.74, 6) is -0.190. The lowest BCUT2D eigenvalue weighted by atomic mass is 10.1. The number of ether oxygens (including phenoxy) is 1. The van der Waals surface area contributed by atoms with Crippen molar-refractivity contribution < 1.29 is 9.53 Å². The first kappa shape index (κ1) is 23.0. The Hall–Kier alpha value is -3.20. The summed E-state index contributed by atoms with van der Waals surface area (Å²) < 4.78 is 9.41. The quantitative estimate of drug-likeness (QED) is 0.545. The molecule has 0 aliphatic carbocycles. The van der Waals surface area contributed by atoms with Crippen LogP contribution in [0.4, 0.5) is 0 Å². The van der Waals surface area contributed by atoms with Crippen LogP contribution in [0, 0.1) is 0 Å². The summed E-state index contributed by atoms with van der Waals surface area (Å²) in [7, 11) is 1.59. The van der Waals surface area contributed by atoms with Crippen LogP contribution in [-0.4, -0.2) is 56.3 Å². The number of hydrogen-bond acceptors (Lipinski definition) is 5. The van der Waals surface area contributed by atoms with Crippen molar-refractivity contribution in [2.75, 3.05) is 26.8 Å². The maximum Gasteiger partial charge on any atom is 0.333 e. The van der Waals surface area contributed by atoms with Gasteiger partial charge in [-0.25, -0.2) is 14.3 Å². The molecule has 0 N–H and O–H groups in total. The highest BCUT2D eigenvalue weighted by Crippen LogP contribution is 2.12. The average Bonchev–Trinajstić information content (AvgIpc) is 3.22. The lowest BCUT2D eigenvalue weighted by Gasteiger charge is -2.25. The van der Waals surface area contributed by atoms with Crippen molar-refractivity contribution in [3.8, 4) is 0 Å².